The Bertz CT molecular complexity index is 847. The molecule has 1 aliphatic heterocycles. The summed E-state index contributed by atoms with van der Waals surface area (Å²) in [7, 11) is 1.58. The highest BCUT2D eigenvalue weighted by molar-refractivity contribution is 5.77. The number of ether oxygens (including phenoxy) is 2. The van der Waals surface area contributed by atoms with Gasteiger partial charge in [0.05, 0.1) is 19.1 Å². The molecule has 3 rings (SSSR count). The van der Waals surface area contributed by atoms with Gasteiger partial charge in [-0.1, -0.05) is 18.2 Å². The number of esters is 1. The summed E-state index contributed by atoms with van der Waals surface area (Å²) in [5.74, 6) is 0.327. The zero-order chi connectivity index (χ0) is 20.9. The van der Waals surface area contributed by atoms with Gasteiger partial charge in [-0.25, -0.2) is 4.39 Å². The maximum absolute atomic E-state index is 13.6. The number of hydrogen-bond donors (Lipinski definition) is 1. The highest BCUT2D eigenvalue weighted by atomic mass is 19.1. The molecule has 156 valence electrons. The van der Waals surface area contributed by atoms with Crippen molar-refractivity contribution in [3.8, 4) is 11.5 Å². The van der Waals surface area contributed by atoms with E-state index in [0.717, 1.165) is 11.1 Å². The molecule has 0 unspecified atom stereocenters. The summed E-state index contributed by atoms with van der Waals surface area (Å²) in [6, 6.07) is 11.6. The van der Waals surface area contributed by atoms with Crippen molar-refractivity contribution in [3.63, 3.8) is 0 Å². The average molecular weight is 401 g/mol. The van der Waals surface area contributed by atoms with Crippen molar-refractivity contribution in [2.45, 2.75) is 32.7 Å². The van der Waals surface area contributed by atoms with Crippen LogP contribution in [-0.2, 0) is 22.5 Å². The lowest BCUT2D eigenvalue weighted by Crippen LogP contribution is -2.46. The summed E-state index contributed by atoms with van der Waals surface area (Å²) in [6.45, 7) is 4.00. The molecule has 0 spiro atoms. The Morgan fingerprint density at radius 2 is 1.93 bits per heavy atom. The third-order valence-electron chi connectivity index (χ3n) is 5.66. The van der Waals surface area contributed by atoms with Gasteiger partial charge >= 0.3 is 5.97 Å². The van der Waals surface area contributed by atoms with Crippen LogP contribution in [-0.4, -0.2) is 42.8 Å². The summed E-state index contributed by atoms with van der Waals surface area (Å²) in [4.78, 5) is 15.0. The summed E-state index contributed by atoms with van der Waals surface area (Å²) in [6.07, 6.45) is 1.67. The van der Waals surface area contributed by atoms with Crippen LogP contribution in [0.3, 0.4) is 0 Å². The SMILES string of the molecule is CCOC(=O)C1(Cc2cccc(F)c2)CCN(Cc2c(O)cccc2OC)CC1. The van der Waals surface area contributed by atoms with Crippen LogP contribution in [0.25, 0.3) is 0 Å². The Hall–Kier alpha value is -2.60. The van der Waals surface area contributed by atoms with Crippen LogP contribution < -0.4 is 4.74 Å². The first-order valence-electron chi connectivity index (χ1n) is 9.96. The smallest absolute Gasteiger partial charge is 0.312 e. The van der Waals surface area contributed by atoms with Gasteiger partial charge in [0.15, 0.2) is 0 Å². The van der Waals surface area contributed by atoms with Crippen LogP contribution in [0.5, 0.6) is 11.5 Å². The third-order valence-corrected chi connectivity index (χ3v) is 5.66. The van der Waals surface area contributed by atoms with Gasteiger partial charge in [0.25, 0.3) is 0 Å². The van der Waals surface area contributed by atoms with Crippen molar-refractivity contribution in [3.05, 3.63) is 59.4 Å². The van der Waals surface area contributed by atoms with E-state index in [1.165, 1.54) is 12.1 Å². The number of phenols is 1. The largest absolute Gasteiger partial charge is 0.507 e. The lowest BCUT2D eigenvalue weighted by molar-refractivity contribution is -0.158. The maximum atomic E-state index is 13.6. The monoisotopic (exact) mass is 401 g/mol. The molecule has 1 saturated heterocycles. The average Bonchev–Trinajstić information content (AvgIpc) is 2.71. The van der Waals surface area contributed by atoms with Crippen LogP contribution in [0.2, 0.25) is 0 Å². The van der Waals surface area contributed by atoms with Crippen molar-refractivity contribution >= 4 is 5.97 Å². The van der Waals surface area contributed by atoms with Crippen molar-refractivity contribution in [2.24, 2.45) is 5.41 Å². The topological polar surface area (TPSA) is 59.0 Å². The van der Waals surface area contributed by atoms with E-state index in [9.17, 15) is 14.3 Å². The fourth-order valence-corrected chi connectivity index (χ4v) is 4.04. The van der Waals surface area contributed by atoms with Crippen molar-refractivity contribution in [1.82, 2.24) is 4.90 Å². The third kappa shape index (κ3) is 4.88. The summed E-state index contributed by atoms with van der Waals surface area (Å²) in [5.41, 5.74) is 0.876. The number of piperidine rings is 1. The molecule has 0 saturated carbocycles. The second-order valence-corrected chi connectivity index (χ2v) is 7.54. The normalized spacial score (nSPS) is 16.4. The van der Waals surface area contributed by atoms with Crippen molar-refractivity contribution in [2.75, 3.05) is 26.8 Å². The molecule has 5 nitrogen and oxygen atoms in total. The highest BCUT2D eigenvalue weighted by Crippen LogP contribution is 2.38. The van der Waals surface area contributed by atoms with Gasteiger partial charge in [-0.3, -0.25) is 9.69 Å². The maximum Gasteiger partial charge on any atom is 0.312 e. The second kappa shape index (κ2) is 9.27. The quantitative estimate of drug-likeness (QED) is 0.713. The Morgan fingerprint density at radius 1 is 1.21 bits per heavy atom. The number of likely N-dealkylation sites (tertiary alicyclic amines) is 1. The Balaban J connectivity index is 1.75. The molecule has 1 heterocycles. The van der Waals surface area contributed by atoms with Gasteiger partial charge in [-0.15, -0.1) is 0 Å². The number of methoxy groups -OCH3 is 1. The summed E-state index contributed by atoms with van der Waals surface area (Å²) < 4.78 is 24.4. The van der Waals surface area contributed by atoms with Gasteiger partial charge < -0.3 is 14.6 Å². The standard InChI is InChI=1S/C23H28FNO4/c1-3-29-22(27)23(15-17-6-4-7-18(24)14-17)10-12-25(13-11-23)16-19-20(26)8-5-9-21(19)28-2/h4-9,14,26H,3,10-13,15-16H2,1-2H3. The van der Waals surface area contributed by atoms with Gasteiger partial charge in [0.1, 0.15) is 17.3 Å². The first-order valence-corrected chi connectivity index (χ1v) is 9.96. The van der Waals surface area contributed by atoms with Gasteiger partial charge in [-0.2, -0.15) is 0 Å². The molecule has 0 aromatic heterocycles. The molecule has 0 amide bonds. The number of rotatable bonds is 7. The molecule has 2 aromatic rings. The van der Waals surface area contributed by atoms with Crippen molar-refractivity contribution < 1.29 is 23.8 Å². The van der Waals surface area contributed by atoms with E-state index in [0.29, 0.717) is 51.3 Å². The highest BCUT2D eigenvalue weighted by Gasteiger charge is 2.43. The molecule has 6 heteroatoms. The Kier molecular flexibility index (Phi) is 6.75. The lowest BCUT2D eigenvalue weighted by Gasteiger charge is -2.40. The Labute approximate surface area is 171 Å². The van der Waals surface area contributed by atoms with Crippen LogP contribution in [0.4, 0.5) is 4.39 Å². The molecule has 1 aliphatic rings. The van der Waals surface area contributed by atoms with Gasteiger partial charge in [0, 0.05) is 12.1 Å². The number of aromatic hydroxyl groups is 1. The minimum atomic E-state index is -0.664. The molecule has 0 atom stereocenters. The second-order valence-electron chi connectivity index (χ2n) is 7.54. The zero-order valence-electron chi connectivity index (χ0n) is 17.0. The molecule has 1 fully saturated rings. The summed E-state index contributed by atoms with van der Waals surface area (Å²) in [5, 5.41) is 10.2. The van der Waals surface area contributed by atoms with E-state index in [4.69, 9.17) is 9.47 Å². The molecule has 0 aliphatic carbocycles. The van der Waals surface area contributed by atoms with E-state index in [2.05, 4.69) is 4.90 Å². The first-order chi connectivity index (χ1) is 14.0. The molecule has 0 bridgehead atoms. The number of halogens is 1. The van der Waals surface area contributed by atoms with E-state index >= 15 is 0 Å². The predicted molar refractivity (Wildman–Crippen MR) is 108 cm³/mol. The molecule has 1 N–H and O–H groups in total. The van der Waals surface area contributed by atoms with Crippen LogP contribution in [0.1, 0.15) is 30.9 Å². The van der Waals surface area contributed by atoms with E-state index < -0.39 is 5.41 Å². The van der Waals surface area contributed by atoms with Crippen LogP contribution >= 0.6 is 0 Å². The minimum absolute atomic E-state index is 0.200. The zero-order valence-corrected chi connectivity index (χ0v) is 17.0. The van der Waals surface area contributed by atoms with Gasteiger partial charge in [0.2, 0.25) is 0 Å². The number of carbonyl (C=O) groups excluding carboxylic acids is 1. The van der Waals surface area contributed by atoms with Crippen LogP contribution in [0, 0.1) is 11.2 Å². The Morgan fingerprint density at radius 3 is 2.59 bits per heavy atom. The van der Waals surface area contributed by atoms with E-state index in [1.807, 2.05) is 12.1 Å². The summed E-state index contributed by atoms with van der Waals surface area (Å²) >= 11 is 0. The molecule has 29 heavy (non-hydrogen) atoms. The van der Waals surface area contributed by atoms with E-state index in [1.54, 1.807) is 32.2 Å². The predicted octanol–water partition coefficient (Wildman–Crippen LogP) is 3.93. The van der Waals surface area contributed by atoms with Crippen molar-refractivity contribution in [1.29, 1.82) is 0 Å². The van der Waals surface area contributed by atoms with E-state index in [-0.39, 0.29) is 17.5 Å². The van der Waals surface area contributed by atoms with Gasteiger partial charge in [-0.05, 0) is 69.1 Å². The molecule has 0 radical (unpaired) electrons. The molecule has 2 aromatic carbocycles. The molecular formula is C23H28FNO4. The molecular weight excluding hydrogens is 373 g/mol. The minimum Gasteiger partial charge on any atom is -0.507 e. The number of benzene rings is 2. The first kappa shape index (κ1) is 21.1. The number of phenolic OH excluding ortho intramolecular Hbond substituents is 1. The number of hydrogen-bond acceptors (Lipinski definition) is 5. The number of nitrogens with zero attached hydrogens (tertiary/aromatic N) is 1. The lowest BCUT2D eigenvalue weighted by atomic mass is 9.73. The van der Waals surface area contributed by atoms with Crippen LogP contribution in [0.15, 0.2) is 42.5 Å². The number of carbonyl (C=O) groups is 1. The fourth-order valence-electron chi connectivity index (χ4n) is 4.04. The fraction of sp³-hybridized carbons (Fsp3) is 0.435.